The van der Waals surface area contributed by atoms with Crippen molar-refractivity contribution in [3.05, 3.63) is 47.7 Å². The predicted molar refractivity (Wildman–Crippen MR) is 108 cm³/mol. The van der Waals surface area contributed by atoms with E-state index in [9.17, 15) is 17.6 Å². The van der Waals surface area contributed by atoms with Gasteiger partial charge >= 0.3 is 6.18 Å². The summed E-state index contributed by atoms with van der Waals surface area (Å²) >= 11 is 0. The van der Waals surface area contributed by atoms with Gasteiger partial charge in [-0.15, -0.1) is 0 Å². The van der Waals surface area contributed by atoms with Gasteiger partial charge in [-0.1, -0.05) is 6.07 Å². The van der Waals surface area contributed by atoms with Gasteiger partial charge in [-0.25, -0.2) is 14.4 Å². The number of halogens is 4. The van der Waals surface area contributed by atoms with E-state index < -0.39 is 23.7 Å². The van der Waals surface area contributed by atoms with E-state index in [4.69, 9.17) is 9.47 Å². The quantitative estimate of drug-likeness (QED) is 0.591. The monoisotopic (exact) mass is 451 g/mol. The number of benzene rings is 1. The molecule has 4 heterocycles. The van der Waals surface area contributed by atoms with Gasteiger partial charge in [0.15, 0.2) is 0 Å². The van der Waals surface area contributed by atoms with Crippen LogP contribution in [0.5, 0.6) is 5.75 Å². The molecule has 0 radical (unpaired) electrons. The second-order valence-electron chi connectivity index (χ2n) is 7.99. The molecule has 3 aromatic rings. The molecule has 5 rings (SSSR count). The summed E-state index contributed by atoms with van der Waals surface area (Å²) < 4.78 is 66.1. The van der Waals surface area contributed by atoms with Crippen LogP contribution in [0.15, 0.2) is 30.6 Å². The molecule has 1 saturated heterocycles. The molecule has 2 aromatic heterocycles. The molecule has 0 aliphatic carbocycles. The van der Waals surface area contributed by atoms with Crippen molar-refractivity contribution < 1.29 is 27.0 Å². The van der Waals surface area contributed by atoms with E-state index in [-0.39, 0.29) is 35.6 Å². The van der Waals surface area contributed by atoms with E-state index in [1.165, 1.54) is 12.4 Å². The maximum absolute atomic E-state index is 15.0. The maximum Gasteiger partial charge on any atom is 0.431 e. The molecule has 11 heteroatoms. The first-order chi connectivity index (χ1) is 15.3. The minimum atomic E-state index is -4.55. The van der Waals surface area contributed by atoms with Crippen molar-refractivity contribution in [3.8, 4) is 5.75 Å². The Morgan fingerprint density at radius 3 is 2.88 bits per heavy atom. The van der Waals surface area contributed by atoms with Crippen LogP contribution in [-0.2, 0) is 10.9 Å². The summed E-state index contributed by atoms with van der Waals surface area (Å²) in [7, 11) is 0. The number of alkyl halides is 3. The average Bonchev–Trinajstić information content (AvgIpc) is 3.20. The minimum absolute atomic E-state index is 0.00353. The molecule has 32 heavy (non-hydrogen) atoms. The highest BCUT2D eigenvalue weighted by Crippen LogP contribution is 2.40. The number of fused-ring (bicyclic) bond motifs is 2. The van der Waals surface area contributed by atoms with Gasteiger partial charge in [-0.05, 0) is 25.1 Å². The van der Waals surface area contributed by atoms with Gasteiger partial charge in [0.2, 0.25) is 0 Å². The van der Waals surface area contributed by atoms with Crippen LogP contribution in [-0.4, -0.2) is 58.3 Å². The third-order valence-corrected chi connectivity index (χ3v) is 5.88. The number of anilines is 1. The van der Waals surface area contributed by atoms with Crippen LogP contribution in [0.4, 0.5) is 23.4 Å². The zero-order valence-corrected chi connectivity index (χ0v) is 17.1. The first-order valence-electron chi connectivity index (χ1n) is 10.3. The van der Waals surface area contributed by atoms with Gasteiger partial charge in [-0.3, -0.25) is 4.90 Å². The number of morpholine rings is 1. The second-order valence-corrected chi connectivity index (χ2v) is 7.99. The fourth-order valence-corrected chi connectivity index (χ4v) is 4.39. The zero-order chi connectivity index (χ0) is 22.5. The van der Waals surface area contributed by atoms with E-state index in [1.54, 1.807) is 12.1 Å². The predicted octanol–water partition coefficient (Wildman–Crippen LogP) is 3.75. The van der Waals surface area contributed by atoms with Crippen LogP contribution in [0.3, 0.4) is 0 Å². The van der Waals surface area contributed by atoms with Gasteiger partial charge < -0.3 is 19.8 Å². The molecule has 1 aromatic carbocycles. The van der Waals surface area contributed by atoms with E-state index in [1.807, 2.05) is 6.92 Å². The summed E-state index contributed by atoms with van der Waals surface area (Å²) in [6, 6.07) is 4.66. The number of H-pyrrole nitrogens is 1. The van der Waals surface area contributed by atoms with Crippen molar-refractivity contribution in [2.75, 3.05) is 31.6 Å². The molecule has 7 nitrogen and oxygen atoms in total. The van der Waals surface area contributed by atoms with Gasteiger partial charge in [0.05, 0.1) is 35.7 Å². The standard InChI is InChI=1S/C21H21F4N5O2/c1-11-8-30(5-6-31-11)14-9-32-15-4-2-3-13(22)17(15)18(14)29-20-12-7-16(21(23,24)25)28-19(12)26-10-27-20/h2-4,7,10-11,14,18H,5-6,8-9H2,1H3,(H2,26,27,28,29)/t11-,14+,18-/m1/s1. The minimum Gasteiger partial charge on any atom is -0.491 e. The smallest absolute Gasteiger partial charge is 0.431 e. The molecular formula is C21H21F4N5O2. The summed E-state index contributed by atoms with van der Waals surface area (Å²) in [4.78, 5) is 12.5. The Labute approximate surface area is 180 Å². The molecule has 1 fully saturated rings. The first kappa shape index (κ1) is 21.0. The van der Waals surface area contributed by atoms with Crippen LogP contribution in [0.2, 0.25) is 0 Å². The van der Waals surface area contributed by atoms with Gasteiger partial charge in [-0.2, -0.15) is 13.2 Å². The van der Waals surface area contributed by atoms with Crippen LogP contribution in [0, 0.1) is 5.82 Å². The van der Waals surface area contributed by atoms with E-state index >= 15 is 0 Å². The van der Waals surface area contributed by atoms with Crippen LogP contribution in [0.1, 0.15) is 24.2 Å². The first-order valence-corrected chi connectivity index (χ1v) is 10.3. The third kappa shape index (κ3) is 3.75. The molecule has 0 amide bonds. The number of nitrogens with one attached hydrogen (secondary N) is 2. The number of aromatic nitrogens is 3. The van der Waals surface area contributed by atoms with Crippen LogP contribution >= 0.6 is 0 Å². The topological polar surface area (TPSA) is 75.3 Å². The maximum atomic E-state index is 15.0. The zero-order valence-electron chi connectivity index (χ0n) is 17.1. The highest BCUT2D eigenvalue weighted by molar-refractivity contribution is 5.88. The molecule has 2 aliphatic rings. The molecule has 2 N–H and O–H groups in total. The highest BCUT2D eigenvalue weighted by atomic mass is 19.4. The second kappa shape index (κ2) is 7.89. The third-order valence-electron chi connectivity index (χ3n) is 5.88. The lowest BCUT2D eigenvalue weighted by Crippen LogP contribution is -2.54. The lowest BCUT2D eigenvalue weighted by molar-refractivity contribution is -0.140. The van der Waals surface area contributed by atoms with Gasteiger partial charge in [0.1, 0.15) is 41.7 Å². The lowest BCUT2D eigenvalue weighted by atomic mass is 9.93. The number of hydrogen-bond acceptors (Lipinski definition) is 6. The Morgan fingerprint density at radius 2 is 2.09 bits per heavy atom. The Morgan fingerprint density at radius 1 is 1.25 bits per heavy atom. The summed E-state index contributed by atoms with van der Waals surface area (Å²) in [5.41, 5.74) is -0.554. The summed E-state index contributed by atoms with van der Waals surface area (Å²) in [5.74, 6) is 0.130. The average molecular weight is 451 g/mol. The molecule has 170 valence electrons. The summed E-state index contributed by atoms with van der Waals surface area (Å²) in [5, 5.41) is 3.39. The van der Waals surface area contributed by atoms with E-state index in [0.717, 1.165) is 6.07 Å². The van der Waals surface area contributed by atoms with Gasteiger partial charge in [0.25, 0.3) is 0 Å². The highest BCUT2D eigenvalue weighted by Gasteiger charge is 2.39. The Hall–Kier alpha value is -2.92. The van der Waals surface area contributed by atoms with E-state index in [0.29, 0.717) is 31.0 Å². The van der Waals surface area contributed by atoms with Crippen LogP contribution in [0.25, 0.3) is 11.0 Å². The fraction of sp³-hybridized carbons (Fsp3) is 0.429. The Bertz CT molecular complexity index is 1140. The van der Waals surface area contributed by atoms with Crippen molar-refractivity contribution in [2.24, 2.45) is 0 Å². The normalized spacial score (nSPS) is 24.2. The number of hydrogen-bond donors (Lipinski definition) is 2. The summed E-state index contributed by atoms with van der Waals surface area (Å²) in [6.45, 7) is 4.02. The largest absolute Gasteiger partial charge is 0.491 e. The number of ether oxygens (including phenoxy) is 2. The summed E-state index contributed by atoms with van der Waals surface area (Å²) in [6.07, 6.45) is -3.38. The molecular weight excluding hydrogens is 430 g/mol. The number of rotatable bonds is 3. The molecule has 0 bridgehead atoms. The molecule has 2 aliphatic heterocycles. The molecule has 3 atom stereocenters. The Kier molecular flexibility index (Phi) is 5.17. The van der Waals surface area contributed by atoms with Crippen molar-refractivity contribution >= 4 is 16.9 Å². The van der Waals surface area contributed by atoms with E-state index in [2.05, 4.69) is 25.2 Å². The molecule has 0 spiro atoms. The van der Waals surface area contributed by atoms with Crippen molar-refractivity contribution in [2.45, 2.75) is 31.3 Å². The lowest BCUT2D eigenvalue weighted by Gasteiger charge is -2.43. The molecule has 0 saturated carbocycles. The number of aromatic amines is 1. The Balaban J connectivity index is 1.57. The SMILES string of the molecule is C[C@@H]1CN([C@H]2COc3cccc(F)c3[C@@H]2Nc2ncnc3[nH]c(C(F)(F)F)cc23)CCO1. The number of nitrogens with zero attached hydrogens (tertiary/aromatic N) is 3. The fourth-order valence-electron chi connectivity index (χ4n) is 4.39. The van der Waals surface area contributed by atoms with Crippen molar-refractivity contribution in [1.29, 1.82) is 0 Å². The van der Waals surface area contributed by atoms with Crippen molar-refractivity contribution in [3.63, 3.8) is 0 Å². The molecule has 0 unspecified atom stereocenters. The van der Waals surface area contributed by atoms with Gasteiger partial charge in [0, 0.05) is 13.1 Å². The van der Waals surface area contributed by atoms with Crippen LogP contribution < -0.4 is 10.1 Å². The van der Waals surface area contributed by atoms with Crippen molar-refractivity contribution in [1.82, 2.24) is 19.9 Å².